The molecule has 0 aliphatic carbocycles. The SMILES string of the molecule is CN(Cc1cccc(CN)c1)C(=O)OC(C)(C)C. The van der Waals surface area contributed by atoms with Gasteiger partial charge in [-0.25, -0.2) is 4.79 Å². The third-order valence-corrected chi connectivity index (χ3v) is 2.35. The summed E-state index contributed by atoms with van der Waals surface area (Å²) in [6.45, 7) is 6.59. The number of nitrogens with two attached hydrogens (primary N) is 1. The fourth-order valence-electron chi connectivity index (χ4n) is 1.53. The van der Waals surface area contributed by atoms with E-state index in [-0.39, 0.29) is 6.09 Å². The van der Waals surface area contributed by atoms with Crippen LogP contribution in [-0.2, 0) is 17.8 Å². The van der Waals surface area contributed by atoms with Crippen molar-refractivity contribution in [1.29, 1.82) is 0 Å². The van der Waals surface area contributed by atoms with Gasteiger partial charge in [0.25, 0.3) is 0 Å². The van der Waals surface area contributed by atoms with Gasteiger partial charge in [-0.2, -0.15) is 0 Å². The Morgan fingerprint density at radius 1 is 1.33 bits per heavy atom. The third kappa shape index (κ3) is 4.75. The molecule has 0 radical (unpaired) electrons. The van der Waals surface area contributed by atoms with Crippen molar-refractivity contribution in [2.45, 2.75) is 39.5 Å². The predicted octanol–water partition coefficient (Wildman–Crippen LogP) is 2.51. The summed E-state index contributed by atoms with van der Waals surface area (Å²) in [5, 5.41) is 0. The zero-order chi connectivity index (χ0) is 13.8. The first-order valence-corrected chi connectivity index (χ1v) is 6.04. The molecule has 0 aliphatic heterocycles. The van der Waals surface area contributed by atoms with Gasteiger partial charge in [0.15, 0.2) is 0 Å². The van der Waals surface area contributed by atoms with Crippen molar-refractivity contribution >= 4 is 6.09 Å². The molecule has 4 nitrogen and oxygen atoms in total. The highest BCUT2D eigenvalue weighted by atomic mass is 16.6. The number of hydrogen-bond acceptors (Lipinski definition) is 3. The second-order valence-corrected chi connectivity index (χ2v) is 5.36. The van der Waals surface area contributed by atoms with Crippen molar-refractivity contribution in [1.82, 2.24) is 4.90 Å². The van der Waals surface area contributed by atoms with Crippen LogP contribution >= 0.6 is 0 Å². The van der Waals surface area contributed by atoms with E-state index in [0.717, 1.165) is 11.1 Å². The first-order valence-electron chi connectivity index (χ1n) is 6.04. The van der Waals surface area contributed by atoms with Crippen LogP contribution in [0, 0.1) is 0 Å². The van der Waals surface area contributed by atoms with Crippen LogP contribution in [0.15, 0.2) is 24.3 Å². The van der Waals surface area contributed by atoms with E-state index in [1.165, 1.54) is 0 Å². The van der Waals surface area contributed by atoms with Crippen LogP contribution < -0.4 is 5.73 Å². The smallest absolute Gasteiger partial charge is 0.410 e. The maximum absolute atomic E-state index is 11.8. The largest absolute Gasteiger partial charge is 0.444 e. The average molecular weight is 250 g/mol. The Morgan fingerprint density at radius 2 is 1.94 bits per heavy atom. The molecule has 4 heteroatoms. The van der Waals surface area contributed by atoms with Gasteiger partial charge in [0, 0.05) is 20.1 Å². The van der Waals surface area contributed by atoms with Crippen molar-refractivity contribution in [3.8, 4) is 0 Å². The minimum absolute atomic E-state index is 0.319. The van der Waals surface area contributed by atoms with Crippen LogP contribution in [-0.4, -0.2) is 23.6 Å². The molecule has 100 valence electrons. The van der Waals surface area contributed by atoms with E-state index in [2.05, 4.69) is 0 Å². The summed E-state index contributed by atoms with van der Waals surface area (Å²) in [6.07, 6.45) is -0.319. The van der Waals surface area contributed by atoms with E-state index in [9.17, 15) is 4.79 Å². The minimum Gasteiger partial charge on any atom is -0.444 e. The predicted molar refractivity (Wildman–Crippen MR) is 72.0 cm³/mol. The average Bonchev–Trinajstić information content (AvgIpc) is 2.27. The van der Waals surface area contributed by atoms with Crippen LogP contribution in [0.1, 0.15) is 31.9 Å². The van der Waals surface area contributed by atoms with Crippen molar-refractivity contribution in [3.63, 3.8) is 0 Å². The van der Waals surface area contributed by atoms with Gasteiger partial charge in [-0.1, -0.05) is 24.3 Å². The van der Waals surface area contributed by atoms with Crippen molar-refractivity contribution < 1.29 is 9.53 Å². The third-order valence-electron chi connectivity index (χ3n) is 2.35. The highest BCUT2D eigenvalue weighted by Gasteiger charge is 2.19. The van der Waals surface area contributed by atoms with Gasteiger partial charge in [0.05, 0.1) is 0 Å². The Balaban J connectivity index is 2.63. The molecular formula is C14H22N2O2. The molecule has 1 aromatic rings. The fraction of sp³-hybridized carbons (Fsp3) is 0.500. The number of rotatable bonds is 3. The van der Waals surface area contributed by atoms with Crippen LogP contribution in [0.4, 0.5) is 4.79 Å². The van der Waals surface area contributed by atoms with Gasteiger partial charge in [-0.3, -0.25) is 0 Å². The number of amides is 1. The molecule has 0 aromatic heterocycles. The molecular weight excluding hydrogens is 228 g/mol. The van der Waals surface area contributed by atoms with Crippen molar-refractivity contribution in [2.24, 2.45) is 5.73 Å². The molecule has 18 heavy (non-hydrogen) atoms. The second kappa shape index (κ2) is 5.87. The summed E-state index contributed by atoms with van der Waals surface area (Å²) in [6, 6.07) is 7.89. The second-order valence-electron chi connectivity index (χ2n) is 5.36. The van der Waals surface area contributed by atoms with E-state index >= 15 is 0 Å². The summed E-state index contributed by atoms with van der Waals surface area (Å²) in [4.78, 5) is 13.4. The van der Waals surface area contributed by atoms with Gasteiger partial charge < -0.3 is 15.4 Å². The Morgan fingerprint density at radius 3 is 2.50 bits per heavy atom. The summed E-state index contributed by atoms with van der Waals surface area (Å²) < 4.78 is 5.29. The van der Waals surface area contributed by atoms with E-state index in [0.29, 0.717) is 13.1 Å². The lowest BCUT2D eigenvalue weighted by molar-refractivity contribution is 0.0285. The molecule has 0 fully saturated rings. The van der Waals surface area contributed by atoms with Gasteiger partial charge >= 0.3 is 6.09 Å². The van der Waals surface area contributed by atoms with Gasteiger partial charge in [-0.05, 0) is 31.9 Å². The molecule has 0 unspecified atom stereocenters. The molecule has 0 atom stereocenters. The first-order chi connectivity index (χ1) is 8.31. The van der Waals surface area contributed by atoms with Crippen LogP contribution in [0.3, 0.4) is 0 Å². The lowest BCUT2D eigenvalue weighted by Crippen LogP contribution is -2.33. The molecule has 1 amide bonds. The molecule has 1 rings (SSSR count). The molecule has 0 heterocycles. The Kier molecular flexibility index (Phi) is 4.73. The molecule has 0 saturated heterocycles. The number of ether oxygens (including phenoxy) is 1. The maximum Gasteiger partial charge on any atom is 0.410 e. The van der Waals surface area contributed by atoms with Gasteiger partial charge in [0.2, 0.25) is 0 Å². The summed E-state index contributed by atoms with van der Waals surface area (Å²) in [5.41, 5.74) is 7.23. The number of carbonyl (C=O) groups excluding carboxylic acids is 1. The number of carbonyl (C=O) groups is 1. The van der Waals surface area contributed by atoms with Gasteiger partial charge in [0.1, 0.15) is 5.60 Å². The number of nitrogens with zero attached hydrogens (tertiary/aromatic N) is 1. The molecule has 0 aliphatic rings. The van der Waals surface area contributed by atoms with Crippen LogP contribution in [0.25, 0.3) is 0 Å². The summed E-state index contributed by atoms with van der Waals surface area (Å²) >= 11 is 0. The monoisotopic (exact) mass is 250 g/mol. The van der Waals surface area contributed by atoms with E-state index < -0.39 is 5.60 Å². The number of hydrogen-bond donors (Lipinski definition) is 1. The number of benzene rings is 1. The normalized spacial score (nSPS) is 11.2. The summed E-state index contributed by atoms with van der Waals surface area (Å²) in [5.74, 6) is 0. The van der Waals surface area contributed by atoms with E-state index in [4.69, 9.17) is 10.5 Å². The zero-order valence-electron chi connectivity index (χ0n) is 11.6. The van der Waals surface area contributed by atoms with Crippen molar-refractivity contribution in [2.75, 3.05) is 7.05 Å². The maximum atomic E-state index is 11.8. The Hall–Kier alpha value is -1.55. The molecule has 0 saturated carbocycles. The van der Waals surface area contributed by atoms with Gasteiger partial charge in [-0.15, -0.1) is 0 Å². The van der Waals surface area contributed by atoms with Crippen LogP contribution in [0.5, 0.6) is 0 Å². The standard InChI is InChI=1S/C14H22N2O2/c1-14(2,3)18-13(17)16(4)10-12-7-5-6-11(8-12)9-15/h5-8H,9-10,15H2,1-4H3. The molecule has 2 N–H and O–H groups in total. The minimum atomic E-state index is -0.468. The highest BCUT2D eigenvalue weighted by Crippen LogP contribution is 2.12. The summed E-state index contributed by atoms with van der Waals surface area (Å²) in [7, 11) is 1.73. The highest BCUT2D eigenvalue weighted by molar-refractivity contribution is 5.67. The fourth-order valence-corrected chi connectivity index (χ4v) is 1.53. The quantitative estimate of drug-likeness (QED) is 0.896. The van der Waals surface area contributed by atoms with E-state index in [1.807, 2.05) is 45.0 Å². The topological polar surface area (TPSA) is 55.6 Å². The molecule has 0 bridgehead atoms. The van der Waals surface area contributed by atoms with Crippen molar-refractivity contribution in [3.05, 3.63) is 35.4 Å². The molecule has 0 spiro atoms. The Bertz CT molecular complexity index is 411. The lowest BCUT2D eigenvalue weighted by atomic mass is 10.1. The molecule has 1 aromatic carbocycles. The Labute approximate surface area is 109 Å². The lowest BCUT2D eigenvalue weighted by Gasteiger charge is -2.24. The zero-order valence-corrected chi connectivity index (χ0v) is 11.6. The first kappa shape index (κ1) is 14.5. The van der Waals surface area contributed by atoms with Crippen LogP contribution in [0.2, 0.25) is 0 Å². The van der Waals surface area contributed by atoms with E-state index in [1.54, 1.807) is 11.9 Å².